The van der Waals surface area contributed by atoms with Crippen molar-refractivity contribution >= 4 is 5.91 Å². The van der Waals surface area contributed by atoms with Crippen LogP contribution in [0, 0.1) is 6.92 Å². The quantitative estimate of drug-likeness (QED) is 0.856. The van der Waals surface area contributed by atoms with Crippen molar-refractivity contribution < 1.29 is 4.79 Å². The van der Waals surface area contributed by atoms with Crippen molar-refractivity contribution in [2.24, 2.45) is 0 Å². The molecule has 1 atom stereocenters. The minimum atomic E-state index is -0.0845. The Kier molecular flexibility index (Phi) is 3.55. The normalized spacial score (nSPS) is 20.9. The molecule has 2 aromatic rings. The van der Waals surface area contributed by atoms with E-state index in [4.69, 9.17) is 0 Å². The number of carbonyl (C=O) groups excluding carboxylic acids is 1. The summed E-state index contributed by atoms with van der Waals surface area (Å²) in [4.78, 5) is 22.9. The van der Waals surface area contributed by atoms with Crippen LogP contribution in [-0.4, -0.2) is 48.4 Å². The SMILES string of the molecule is Cc1ccnc(C(=O)N2CCC[C@H]2Cn2cc(C3CC3)nn2)n1. The molecule has 1 amide bonds. The van der Waals surface area contributed by atoms with Gasteiger partial charge in [-0.15, -0.1) is 5.10 Å². The van der Waals surface area contributed by atoms with Crippen molar-refractivity contribution in [2.75, 3.05) is 6.54 Å². The van der Waals surface area contributed by atoms with E-state index in [0.717, 1.165) is 30.8 Å². The topological polar surface area (TPSA) is 76.8 Å². The molecule has 1 aliphatic carbocycles. The van der Waals surface area contributed by atoms with E-state index in [1.165, 1.54) is 12.8 Å². The van der Waals surface area contributed by atoms with Crippen LogP contribution in [0.4, 0.5) is 0 Å². The third kappa shape index (κ3) is 2.95. The van der Waals surface area contributed by atoms with Gasteiger partial charge in [0.05, 0.1) is 18.3 Å². The Labute approximate surface area is 134 Å². The molecule has 2 aliphatic rings. The summed E-state index contributed by atoms with van der Waals surface area (Å²) in [6.45, 7) is 3.32. The first-order chi connectivity index (χ1) is 11.2. The molecular weight excluding hydrogens is 292 g/mol. The van der Waals surface area contributed by atoms with E-state index in [9.17, 15) is 4.79 Å². The van der Waals surface area contributed by atoms with Gasteiger partial charge in [-0.05, 0) is 38.7 Å². The van der Waals surface area contributed by atoms with Crippen molar-refractivity contribution in [3.63, 3.8) is 0 Å². The minimum Gasteiger partial charge on any atom is -0.331 e. The Morgan fingerprint density at radius 3 is 3.00 bits per heavy atom. The number of hydrogen-bond donors (Lipinski definition) is 0. The number of aryl methyl sites for hydroxylation is 1. The van der Waals surface area contributed by atoms with Gasteiger partial charge in [-0.3, -0.25) is 9.48 Å². The van der Waals surface area contributed by atoms with Gasteiger partial charge in [-0.25, -0.2) is 9.97 Å². The second-order valence-electron chi connectivity index (χ2n) is 6.46. The Morgan fingerprint density at radius 1 is 1.35 bits per heavy atom. The maximum Gasteiger partial charge on any atom is 0.291 e. The molecule has 0 spiro atoms. The summed E-state index contributed by atoms with van der Waals surface area (Å²) in [5.74, 6) is 0.804. The maximum atomic E-state index is 12.7. The molecule has 0 radical (unpaired) electrons. The van der Waals surface area contributed by atoms with Crippen molar-refractivity contribution in [1.29, 1.82) is 0 Å². The average Bonchev–Trinajstić information content (AvgIpc) is 3.12. The molecule has 2 aromatic heterocycles. The van der Waals surface area contributed by atoms with E-state index >= 15 is 0 Å². The number of likely N-dealkylation sites (tertiary alicyclic amines) is 1. The molecule has 0 aromatic carbocycles. The summed E-state index contributed by atoms with van der Waals surface area (Å²) >= 11 is 0. The van der Waals surface area contributed by atoms with Crippen molar-refractivity contribution in [3.05, 3.63) is 35.7 Å². The lowest BCUT2D eigenvalue weighted by molar-refractivity contribution is 0.0708. The van der Waals surface area contributed by atoms with Crippen LogP contribution >= 0.6 is 0 Å². The molecule has 7 nitrogen and oxygen atoms in total. The highest BCUT2D eigenvalue weighted by atomic mass is 16.2. The number of carbonyl (C=O) groups is 1. The van der Waals surface area contributed by atoms with Gasteiger partial charge in [-0.2, -0.15) is 0 Å². The summed E-state index contributed by atoms with van der Waals surface area (Å²) in [6.07, 6.45) is 8.10. The minimum absolute atomic E-state index is 0.0845. The molecule has 1 saturated heterocycles. The number of amides is 1. The van der Waals surface area contributed by atoms with Gasteiger partial charge in [0, 0.05) is 30.6 Å². The summed E-state index contributed by atoms with van der Waals surface area (Å²) in [5.41, 5.74) is 1.90. The molecule has 1 aliphatic heterocycles. The predicted octanol–water partition coefficient (Wildman–Crippen LogP) is 1.56. The van der Waals surface area contributed by atoms with Crippen LogP contribution in [0.2, 0.25) is 0 Å². The van der Waals surface area contributed by atoms with Gasteiger partial charge >= 0.3 is 0 Å². The smallest absolute Gasteiger partial charge is 0.291 e. The van der Waals surface area contributed by atoms with Gasteiger partial charge in [-0.1, -0.05) is 5.21 Å². The lowest BCUT2D eigenvalue weighted by Crippen LogP contribution is -2.39. The zero-order valence-electron chi connectivity index (χ0n) is 13.2. The Bertz CT molecular complexity index is 723. The molecule has 0 N–H and O–H groups in total. The molecule has 1 saturated carbocycles. The number of nitrogens with zero attached hydrogens (tertiary/aromatic N) is 6. The van der Waals surface area contributed by atoms with Crippen molar-refractivity contribution in [2.45, 2.75) is 51.1 Å². The molecule has 4 rings (SSSR count). The molecule has 0 unspecified atom stereocenters. The van der Waals surface area contributed by atoms with Gasteiger partial charge in [0.25, 0.3) is 5.91 Å². The summed E-state index contributed by atoms with van der Waals surface area (Å²) < 4.78 is 1.88. The Hall–Kier alpha value is -2.31. The van der Waals surface area contributed by atoms with Crippen LogP contribution in [0.5, 0.6) is 0 Å². The predicted molar refractivity (Wildman–Crippen MR) is 82.8 cm³/mol. The highest BCUT2D eigenvalue weighted by molar-refractivity contribution is 5.90. The second-order valence-corrected chi connectivity index (χ2v) is 6.46. The highest BCUT2D eigenvalue weighted by Crippen LogP contribution is 2.38. The fourth-order valence-corrected chi connectivity index (χ4v) is 3.16. The fraction of sp³-hybridized carbons (Fsp3) is 0.562. The van der Waals surface area contributed by atoms with Crippen molar-refractivity contribution in [1.82, 2.24) is 29.9 Å². The largest absolute Gasteiger partial charge is 0.331 e. The van der Waals surface area contributed by atoms with E-state index in [1.807, 2.05) is 22.7 Å². The van der Waals surface area contributed by atoms with E-state index in [0.29, 0.717) is 12.5 Å². The zero-order valence-corrected chi connectivity index (χ0v) is 13.2. The Morgan fingerprint density at radius 2 is 2.22 bits per heavy atom. The van der Waals surface area contributed by atoms with E-state index in [1.54, 1.807) is 12.3 Å². The van der Waals surface area contributed by atoms with Crippen LogP contribution in [0.1, 0.15) is 53.6 Å². The monoisotopic (exact) mass is 312 g/mol. The number of aromatic nitrogens is 5. The van der Waals surface area contributed by atoms with Crippen molar-refractivity contribution in [3.8, 4) is 0 Å². The third-order valence-corrected chi connectivity index (χ3v) is 4.57. The van der Waals surface area contributed by atoms with Gasteiger partial charge in [0.15, 0.2) is 0 Å². The van der Waals surface area contributed by atoms with Gasteiger partial charge < -0.3 is 4.90 Å². The summed E-state index contributed by atoms with van der Waals surface area (Å²) in [5, 5.41) is 8.46. The molecule has 7 heteroatoms. The van der Waals surface area contributed by atoms with E-state index < -0.39 is 0 Å². The second kappa shape index (κ2) is 5.72. The third-order valence-electron chi connectivity index (χ3n) is 4.57. The van der Waals surface area contributed by atoms with E-state index in [-0.39, 0.29) is 17.8 Å². The van der Waals surface area contributed by atoms with Crippen LogP contribution < -0.4 is 0 Å². The molecular formula is C16H20N6O. The van der Waals surface area contributed by atoms with Gasteiger partial charge in [0.2, 0.25) is 5.82 Å². The molecule has 120 valence electrons. The Balaban J connectivity index is 1.48. The maximum absolute atomic E-state index is 12.7. The van der Waals surface area contributed by atoms with Crippen LogP contribution in [-0.2, 0) is 6.54 Å². The molecule has 0 bridgehead atoms. The summed E-state index contributed by atoms with van der Waals surface area (Å²) in [6, 6.07) is 1.94. The fourth-order valence-electron chi connectivity index (χ4n) is 3.16. The molecule has 23 heavy (non-hydrogen) atoms. The zero-order chi connectivity index (χ0) is 15.8. The first-order valence-electron chi connectivity index (χ1n) is 8.21. The lowest BCUT2D eigenvalue weighted by atomic mass is 10.2. The first-order valence-corrected chi connectivity index (χ1v) is 8.21. The number of rotatable bonds is 4. The first kappa shape index (κ1) is 14.3. The lowest BCUT2D eigenvalue weighted by Gasteiger charge is -2.23. The summed E-state index contributed by atoms with van der Waals surface area (Å²) in [7, 11) is 0. The highest BCUT2D eigenvalue weighted by Gasteiger charge is 2.32. The number of hydrogen-bond acceptors (Lipinski definition) is 5. The van der Waals surface area contributed by atoms with Crippen LogP contribution in [0.25, 0.3) is 0 Å². The average molecular weight is 312 g/mol. The van der Waals surface area contributed by atoms with Gasteiger partial charge in [0.1, 0.15) is 0 Å². The standard InChI is InChI=1S/C16H20N6O/c1-11-6-7-17-15(18-11)16(23)22-8-2-3-13(22)9-21-10-14(19-20-21)12-4-5-12/h6-7,10,12-13H,2-5,8-9H2,1H3/t13-/m0/s1. The van der Waals surface area contributed by atoms with Crippen LogP contribution in [0.3, 0.4) is 0 Å². The molecule has 2 fully saturated rings. The van der Waals surface area contributed by atoms with E-state index in [2.05, 4.69) is 20.3 Å². The molecule has 3 heterocycles. The van der Waals surface area contributed by atoms with Crippen LogP contribution in [0.15, 0.2) is 18.5 Å².